The van der Waals surface area contributed by atoms with Crippen LogP contribution in [0.5, 0.6) is 0 Å². The second-order valence-electron chi connectivity index (χ2n) is 6.43. The molecular weight excluding hydrogens is 340 g/mol. The number of rotatable bonds is 5. The van der Waals surface area contributed by atoms with Crippen LogP contribution in [0.4, 0.5) is 5.69 Å². The predicted octanol–water partition coefficient (Wildman–Crippen LogP) is 3.66. The van der Waals surface area contributed by atoms with Gasteiger partial charge in [0.15, 0.2) is 5.78 Å². The Kier molecular flexibility index (Phi) is 5.31. The number of hydrogen-bond donors (Lipinski definition) is 1. The molecule has 0 saturated carbocycles. The van der Waals surface area contributed by atoms with Gasteiger partial charge in [-0.3, -0.25) is 14.4 Å². The third kappa shape index (κ3) is 4.39. The molecule has 1 amide bonds. The predicted molar refractivity (Wildman–Crippen MR) is 105 cm³/mol. The number of anilines is 1. The summed E-state index contributed by atoms with van der Waals surface area (Å²) in [5.74, 6) is -0.503. The van der Waals surface area contributed by atoms with E-state index in [-0.39, 0.29) is 17.2 Å². The number of nitrogens with one attached hydrogen (secondary N) is 1. The van der Waals surface area contributed by atoms with Crippen LogP contribution in [-0.2, 0) is 6.54 Å². The first-order chi connectivity index (χ1) is 12.9. The molecule has 27 heavy (non-hydrogen) atoms. The Morgan fingerprint density at radius 3 is 2.52 bits per heavy atom. The number of nitrogens with zero attached hydrogens (tertiary/aromatic N) is 1. The lowest BCUT2D eigenvalue weighted by Crippen LogP contribution is -2.23. The minimum absolute atomic E-state index is 0.129. The molecule has 0 spiro atoms. The maximum Gasteiger partial charge on any atom is 0.257 e. The molecule has 0 radical (unpaired) electrons. The number of pyridine rings is 1. The van der Waals surface area contributed by atoms with Gasteiger partial charge in [0, 0.05) is 17.8 Å². The fourth-order valence-electron chi connectivity index (χ4n) is 2.89. The van der Waals surface area contributed by atoms with E-state index in [1.54, 1.807) is 24.3 Å². The van der Waals surface area contributed by atoms with E-state index in [0.717, 1.165) is 11.1 Å². The number of ketones is 1. The van der Waals surface area contributed by atoms with Crippen LogP contribution in [-0.4, -0.2) is 16.3 Å². The summed E-state index contributed by atoms with van der Waals surface area (Å²) in [6, 6.07) is 17.6. The van der Waals surface area contributed by atoms with Crippen molar-refractivity contribution in [1.29, 1.82) is 0 Å². The Balaban J connectivity index is 1.86. The van der Waals surface area contributed by atoms with Gasteiger partial charge < -0.3 is 9.88 Å². The molecule has 1 aromatic heterocycles. The van der Waals surface area contributed by atoms with Crippen molar-refractivity contribution in [3.63, 3.8) is 0 Å². The third-order valence-electron chi connectivity index (χ3n) is 4.24. The van der Waals surface area contributed by atoms with Crippen molar-refractivity contribution in [2.24, 2.45) is 0 Å². The second kappa shape index (κ2) is 7.83. The molecule has 5 nitrogen and oxygen atoms in total. The van der Waals surface area contributed by atoms with E-state index in [2.05, 4.69) is 5.32 Å². The number of aryl methyl sites for hydroxylation is 1. The molecule has 1 N–H and O–H groups in total. The van der Waals surface area contributed by atoms with Crippen molar-refractivity contribution >= 4 is 17.4 Å². The summed E-state index contributed by atoms with van der Waals surface area (Å²) in [6.07, 6.45) is 1.54. The fraction of sp³-hybridized carbons (Fsp3) is 0.136. The molecule has 3 rings (SSSR count). The largest absolute Gasteiger partial charge is 0.321 e. The SMILES string of the molecule is CC(=O)c1ccccc1NC(=O)c1ccc(=O)n(Cc2cccc(C)c2)c1. The molecule has 0 aliphatic carbocycles. The van der Waals surface area contributed by atoms with Gasteiger partial charge in [0.2, 0.25) is 0 Å². The van der Waals surface area contributed by atoms with Crippen molar-refractivity contribution in [2.75, 3.05) is 5.32 Å². The van der Waals surface area contributed by atoms with Gasteiger partial charge in [0.1, 0.15) is 0 Å². The first kappa shape index (κ1) is 18.3. The van der Waals surface area contributed by atoms with Gasteiger partial charge in [-0.15, -0.1) is 0 Å². The Bertz CT molecular complexity index is 1070. The Labute approximate surface area is 157 Å². The van der Waals surface area contributed by atoms with Crippen LogP contribution in [0.1, 0.15) is 38.8 Å². The van der Waals surface area contributed by atoms with Crippen LogP contribution in [0.2, 0.25) is 0 Å². The summed E-state index contributed by atoms with van der Waals surface area (Å²) in [5, 5.41) is 2.75. The molecule has 0 atom stereocenters. The summed E-state index contributed by atoms with van der Waals surface area (Å²) in [4.78, 5) is 36.5. The van der Waals surface area contributed by atoms with E-state index in [9.17, 15) is 14.4 Å². The van der Waals surface area contributed by atoms with Gasteiger partial charge in [0.25, 0.3) is 11.5 Å². The minimum Gasteiger partial charge on any atom is -0.321 e. The molecule has 1 heterocycles. The summed E-state index contributed by atoms with van der Waals surface area (Å²) in [5.41, 5.74) is 3.15. The minimum atomic E-state index is -0.373. The zero-order valence-electron chi connectivity index (χ0n) is 15.2. The lowest BCUT2D eigenvalue weighted by atomic mass is 10.1. The maximum atomic E-state index is 12.6. The van der Waals surface area contributed by atoms with Crippen LogP contribution in [0, 0.1) is 6.92 Å². The molecule has 5 heteroatoms. The highest BCUT2D eigenvalue weighted by Gasteiger charge is 2.12. The third-order valence-corrected chi connectivity index (χ3v) is 4.24. The number of hydrogen-bond acceptors (Lipinski definition) is 3. The average molecular weight is 360 g/mol. The van der Waals surface area contributed by atoms with Crippen molar-refractivity contribution in [3.05, 3.63) is 99.5 Å². The van der Waals surface area contributed by atoms with E-state index in [1.807, 2.05) is 31.2 Å². The average Bonchev–Trinajstić information content (AvgIpc) is 2.64. The van der Waals surface area contributed by atoms with Gasteiger partial charge in [-0.05, 0) is 37.6 Å². The lowest BCUT2D eigenvalue weighted by Gasteiger charge is -2.11. The molecule has 0 bridgehead atoms. The topological polar surface area (TPSA) is 68.2 Å². The second-order valence-corrected chi connectivity index (χ2v) is 6.43. The highest BCUT2D eigenvalue weighted by molar-refractivity contribution is 6.08. The Morgan fingerprint density at radius 1 is 1.00 bits per heavy atom. The molecule has 0 aliphatic heterocycles. The van der Waals surface area contributed by atoms with Gasteiger partial charge in [-0.1, -0.05) is 42.0 Å². The maximum absolute atomic E-state index is 12.6. The van der Waals surface area contributed by atoms with Gasteiger partial charge in [0.05, 0.1) is 17.8 Å². The smallest absolute Gasteiger partial charge is 0.257 e. The van der Waals surface area contributed by atoms with E-state index in [4.69, 9.17) is 0 Å². The molecule has 0 unspecified atom stereocenters. The standard InChI is InChI=1S/C22H20N2O3/c1-15-6-5-7-17(12-15)13-24-14-18(10-11-21(24)26)22(27)23-20-9-4-3-8-19(20)16(2)25/h3-12,14H,13H2,1-2H3,(H,23,27). The number of benzene rings is 2. The zero-order valence-corrected chi connectivity index (χ0v) is 15.2. The first-order valence-electron chi connectivity index (χ1n) is 8.61. The Hall–Kier alpha value is -3.47. The van der Waals surface area contributed by atoms with E-state index in [1.165, 1.54) is 29.8 Å². The van der Waals surface area contributed by atoms with Crippen LogP contribution in [0.25, 0.3) is 0 Å². The van der Waals surface area contributed by atoms with Crippen LogP contribution >= 0.6 is 0 Å². The number of carbonyl (C=O) groups excluding carboxylic acids is 2. The summed E-state index contributed by atoms with van der Waals surface area (Å²) >= 11 is 0. The van der Waals surface area contributed by atoms with Crippen LogP contribution in [0.15, 0.2) is 71.7 Å². The number of carbonyl (C=O) groups is 2. The van der Waals surface area contributed by atoms with E-state index < -0.39 is 0 Å². The molecule has 136 valence electrons. The van der Waals surface area contributed by atoms with Crippen molar-refractivity contribution < 1.29 is 9.59 Å². The Morgan fingerprint density at radius 2 is 1.78 bits per heavy atom. The molecular formula is C22H20N2O3. The van der Waals surface area contributed by atoms with E-state index in [0.29, 0.717) is 23.4 Å². The molecule has 3 aromatic rings. The molecule has 0 saturated heterocycles. The number of amides is 1. The highest BCUT2D eigenvalue weighted by atomic mass is 16.2. The fourth-order valence-corrected chi connectivity index (χ4v) is 2.89. The number of aromatic nitrogens is 1. The van der Waals surface area contributed by atoms with Crippen LogP contribution < -0.4 is 10.9 Å². The highest BCUT2D eigenvalue weighted by Crippen LogP contribution is 2.16. The molecule has 2 aromatic carbocycles. The summed E-state index contributed by atoms with van der Waals surface area (Å²) in [7, 11) is 0. The zero-order chi connectivity index (χ0) is 19.4. The van der Waals surface area contributed by atoms with E-state index >= 15 is 0 Å². The number of para-hydroxylation sites is 1. The monoisotopic (exact) mass is 360 g/mol. The van der Waals surface area contributed by atoms with Crippen LogP contribution in [0.3, 0.4) is 0 Å². The van der Waals surface area contributed by atoms with Gasteiger partial charge >= 0.3 is 0 Å². The lowest BCUT2D eigenvalue weighted by molar-refractivity contribution is 0.101. The van der Waals surface area contributed by atoms with Crippen molar-refractivity contribution in [2.45, 2.75) is 20.4 Å². The van der Waals surface area contributed by atoms with Gasteiger partial charge in [-0.2, -0.15) is 0 Å². The quantitative estimate of drug-likeness (QED) is 0.706. The normalized spacial score (nSPS) is 10.4. The molecule has 0 aliphatic rings. The van der Waals surface area contributed by atoms with Crippen molar-refractivity contribution in [1.82, 2.24) is 4.57 Å². The number of Topliss-reactive ketones (excluding diaryl/α,β-unsaturated/α-hetero) is 1. The summed E-state index contributed by atoms with van der Waals surface area (Å²) < 4.78 is 1.50. The van der Waals surface area contributed by atoms with Crippen molar-refractivity contribution in [3.8, 4) is 0 Å². The van der Waals surface area contributed by atoms with Gasteiger partial charge in [-0.25, -0.2) is 0 Å². The summed E-state index contributed by atoms with van der Waals surface area (Å²) in [6.45, 7) is 3.82. The molecule has 0 fully saturated rings. The first-order valence-corrected chi connectivity index (χ1v) is 8.61.